The van der Waals surface area contributed by atoms with Crippen LogP contribution in [-0.4, -0.2) is 48.3 Å². The second-order valence-corrected chi connectivity index (χ2v) is 4.61. The molecule has 2 atom stereocenters. The topological polar surface area (TPSA) is 35.5 Å². The van der Waals surface area contributed by atoms with Crippen molar-refractivity contribution in [2.75, 3.05) is 26.2 Å². The summed E-state index contributed by atoms with van der Waals surface area (Å²) in [4.78, 5) is 2.51. The molecule has 2 rings (SSSR count). The van der Waals surface area contributed by atoms with E-state index in [4.69, 9.17) is 0 Å². The molecule has 3 heteroatoms. The highest BCUT2D eigenvalue weighted by molar-refractivity contribution is 4.82. The van der Waals surface area contributed by atoms with E-state index in [1.54, 1.807) is 0 Å². The number of nitrogens with zero attached hydrogens (tertiary/aromatic N) is 1. The standard InChI is InChI=1S/C11H22N2O/c14-11-5-3-4-10(11)12-6-9-13-7-1-2-8-13/h10-12,14H,1-9H2. The van der Waals surface area contributed by atoms with Crippen LogP contribution in [0.1, 0.15) is 32.1 Å². The molecular weight excluding hydrogens is 176 g/mol. The molecule has 0 bridgehead atoms. The van der Waals surface area contributed by atoms with Crippen molar-refractivity contribution >= 4 is 0 Å². The second kappa shape index (κ2) is 5.10. The quantitative estimate of drug-likeness (QED) is 0.694. The lowest BCUT2D eigenvalue weighted by Gasteiger charge is -2.19. The van der Waals surface area contributed by atoms with Gasteiger partial charge in [0.1, 0.15) is 0 Å². The summed E-state index contributed by atoms with van der Waals surface area (Å²) in [6, 6.07) is 0.373. The fourth-order valence-electron chi connectivity index (χ4n) is 2.59. The molecule has 0 amide bonds. The Morgan fingerprint density at radius 2 is 1.93 bits per heavy atom. The Hall–Kier alpha value is -0.120. The Morgan fingerprint density at radius 3 is 2.57 bits per heavy atom. The smallest absolute Gasteiger partial charge is 0.0693 e. The van der Waals surface area contributed by atoms with Crippen molar-refractivity contribution in [1.29, 1.82) is 0 Å². The van der Waals surface area contributed by atoms with E-state index in [9.17, 15) is 5.11 Å². The molecule has 2 unspecified atom stereocenters. The van der Waals surface area contributed by atoms with Crippen LogP contribution in [0.2, 0.25) is 0 Å². The predicted molar refractivity (Wildman–Crippen MR) is 57.3 cm³/mol. The Morgan fingerprint density at radius 1 is 1.14 bits per heavy atom. The average molecular weight is 198 g/mol. The van der Waals surface area contributed by atoms with Gasteiger partial charge in [-0.05, 0) is 45.2 Å². The van der Waals surface area contributed by atoms with Gasteiger partial charge in [-0.25, -0.2) is 0 Å². The number of likely N-dealkylation sites (tertiary alicyclic amines) is 1. The first-order valence-corrected chi connectivity index (χ1v) is 6.00. The number of hydrogen-bond acceptors (Lipinski definition) is 3. The van der Waals surface area contributed by atoms with Gasteiger partial charge in [-0.2, -0.15) is 0 Å². The molecule has 1 heterocycles. The average Bonchev–Trinajstić information content (AvgIpc) is 2.78. The summed E-state index contributed by atoms with van der Waals surface area (Å²) in [5.74, 6) is 0. The van der Waals surface area contributed by atoms with Crippen molar-refractivity contribution in [2.45, 2.75) is 44.2 Å². The van der Waals surface area contributed by atoms with Crippen molar-refractivity contribution < 1.29 is 5.11 Å². The molecule has 1 aliphatic carbocycles. The van der Waals surface area contributed by atoms with E-state index in [1.165, 1.54) is 32.4 Å². The van der Waals surface area contributed by atoms with Crippen LogP contribution in [0.3, 0.4) is 0 Å². The maximum atomic E-state index is 9.60. The lowest BCUT2D eigenvalue weighted by atomic mass is 10.2. The van der Waals surface area contributed by atoms with Crippen molar-refractivity contribution in [1.82, 2.24) is 10.2 Å². The highest BCUT2D eigenvalue weighted by Crippen LogP contribution is 2.18. The summed E-state index contributed by atoms with van der Waals surface area (Å²) in [5.41, 5.74) is 0. The van der Waals surface area contributed by atoms with Gasteiger partial charge in [0.15, 0.2) is 0 Å². The summed E-state index contributed by atoms with van der Waals surface area (Å²) >= 11 is 0. The Balaban J connectivity index is 1.57. The summed E-state index contributed by atoms with van der Waals surface area (Å²) < 4.78 is 0. The zero-order chi connectivity index (χ0) is 9.80. The van der Waals surface area contributed by atoms with Crippen LogP contribution < -0.4 is 5.32 Å². The van der Waals surface area contributed by atoms with Crippen LogP contribution >= 0.6 is 0 Å². The Kier molecular flexibility index (Phi) is 3.79. The Labute approximate surface area is 86.5 Å². The summed E-state index contributed by atoms with van der Waals surface area (Å²) in [7, 11) is 0. The number of rotatable bonds is 4. The summed E-state index contributed by atoms with van der Waals surface area (Å²) in [5, 5.41) is 13.1. The van der Waals surface area contributed by atoms with Crippen LogP contribution in [-0.2, 0) is 0 Å². The molecule has 0 radical (unpaired) electrons. The highest BCUT2D eigenvalue weighted by atomic mass is 16.3. The molecule has 0 aromatic rings. The molecule has 1 aliphatic heterocycles. The minimum atomic E-state index is -0.0893. The third kappa shape index (κ3) is 2.69. The van der Waals surface area contributed by atoms with Gasteiger partial charge in [0, 0.05) is 19.1 Å². The first kappa shape index (κ1) is 10.4. The number of hydrogen-bond donors (Lipinski definition) is 2. The van der Waals surface area contributed by atoms with Crippen LogP contribution in [0.15, 0.2) is 0 Å². The maximum Gasteiger partial charge on any atom is 0.0693 e. The van der Waals surface area contributed by atoms with Crippen molar-refractivity contribution in [3.63, 3.8) is 0 Å². The Bertz CT molecular complexity index is 169. The molecule has 2 N–H and O–H groups in total. The highest BCUT2D eigenvalue weighted by Gasteiger charge is 2.24. The molecule has 0 aromatic heterocycles. The van der Waals surface area contributed by atoms with Gasteiger partial charge < -0.3 is 15.3 Å². The van der Waals surface area contributed by atoms with E-state index in [0.717, 1.165) is 25.9 Å². The van der Waals surface area contributed by atoms with Gasteiger partial charge in [-0.3, -0.25) is 0 Å². The van der Waals surface area contributed by atoms with Crippen molar-refractivity contribution in [3.8, 4) is 0 Å². The van der Waals surface area contributed by atoms with E-state index in [0.29, 0.717) is 6.04 Å². The van der Waals surface area contributed by atoms with Gasteiger partial charge >= 0.3 is 0 Å². The second-order valence-electron chi connectivity index (χ2n) is 4.61. The monoisotopic (exact) mass is 198 g/mol. The molecule has 0 spiro atoms. The van der Waals surface area contributed by atoms with Crippen LogP contribution in [0.4, 0.5) is 0 Å². The number of aliphatic hydroxyl groups is 1. The molecule has 82 valence electrons. The minimum absolute atomic E-state index is 0.0893. The SMILES string of the molecule is OC1CCCC1NCCN1CCCC1. The normalized spacial score (nSPS) is 34.1. The van der Waals surface area contributed by atoms with E-state index >= 15 is 0 Å². The van der Waals surface area contributed by atoms with E-state index in [2.05, 4.69) is 10.2 Å². The third-order valence-electron chi connectivity index (χ3n) is 3.51. The van der Waals surface area contributed by atoms with Gasteiger partial charge in [0.25, 0.3) is 0 Å². The summed E-state index contributed by atoms with van der Waals surface area (Å²) in [6.45, 7) is 4.74. The largest absolute Gasteiger partial charge is 0.392 e. The third-order valence-corrected chi connectivity index (χ3v) is 3.51. The zero-order valence-corrected chi connectivity index (χ0v) is 8.91. The summed E-state index contributed by atoms with van der Waals surface area (Å²) in [6.07, 6.45) is 5.97. The van der Waals surface area contributed by atoms with E-state index in [1.807, 2.05) is 0 Å². The van der Waals surface area contributed by atoms with E-state index < -0.39 is 0 Å². The fraction of sp³-hybridized carbons (Fsp3) is 1.00. The van der Waals surface area contributed by atoms with Crippen LogP contribution in [0, 0.1) is 0 Å². The molecule has 0 aromatic carbocycles. The fourth-order valence-corrected chi connectivity index (χ4v) is 2.59. The van der Waals surface area contributed by atoms with Gasteiger partial charge in [-0.15, -0.1) is 0 Å². The van der Waals surface area contributed by atoms with Gasteiger partial charge in [0.05, 0.1) is 6.10 Å². The number of aliphatic hydroxyl groups excluding tert-OH is 1. The van der Waals surface area contributed by atoms with Crippen LogP contribution in [0.25, 0.3) is 0 Å². The minimum Gasteiger partial charge on any atom is -0.392 e. The first-order chi connectivity index (χ1) is 6.86. The molecular formula is C11H22N2O. The zero-order valence-electron chi connectivity index (χ0n) is 8.91. The van der Waals surface area contributed by atoms with E-state index in [-0.39, 0.29) is 6.10 Å². The first-order valence-electron chi connectivity index (χ1n) is 6.00. The predicted octanol–water partition coefficient (Wildman–Crippen LogP) is 0.585. The lowest BCUT2D eigenvalue weighted by molar-refractivity contribution is 0.147. The van der Waals surface area contributed by atoms with Crippen molar-refractivity contribution in [2.24, 2.45) is 0 Å². The molecule has 14 heavy (non-hydrogen) atoms. The molecule has 2 fully saturated rings. The lowest BCUT2D eigenvalue weighted by Crippen LogP contribution is -2.40. The molecule has 1 saturated carbocycles. The van der Waals surface area contributed by atoms with Crippen LogP contribution in [0.5, 0.6) is 0 Å². The maximum absolute atomic E-state index is 9.60. The molecule has 1 saturated heterocycles. The molecule has 2 aliphatic rings. The van der Waals surface area contributed by atoms with Gasteiger partial charge in [-0.1, -0.05) is 0 Å². The van der Waals surface area contributed by atoms with Crippen molar-refractivity contribution in [3.05, 3.63) is 0 Å². The number of nitrogens with one attached hydrogen (secondary N) is 1. The molecule has 3 nitrogen and oxygen atoms in total. The van der Waals surface area contributed by atoms with Gasteiger partial charge in [0.2, 0.25) is 0 Å².